The average molecular weight is 261 g/mol. The van der Waals surface area contributed by atoms with Gasteiger partial charge >= 0.3 is 0 Å². The molecule has 0 atom stereocenters. The zero-order chi connectivity index (χ0) is 13.7. The molecule has 2 aromatic rings. The third kappa shape index (κ3) is 3.61. The van der Waals surface area contributed by atoms with Gasteiger partial charge in [0.25, 0.3) is 0 Å². The first-order chi connectivity index (χ1) is 9.19. The Kier molecular flexibility index (Phi) is 4.23. The zero-order valence-electron chi connectivity index (χ0n) is 10.7. The molecule has 0 saturated heterocycles. The van der Waals surface area contributed by atoms with Crippen LogP contribution in [0.4, 0.5) is 10.1 Å². The first-order valence-corrected chi connectivity index (χ1v) is 6.08. The van der Waals surface area contributed by atoms with E-state index in [9.17, 15) is 4.39 Å². The predicted molar refractivity (Wildman–Crippen MR) is 72.8 cm³/mol. The van der Waals surface area contributed by atoms with E-state index in [1.54, 1.807) is 24.3 Å². The highest BCUT2D eigenvalue weighted by atomic mass is 19.1. The van der Waals surface area contributed by atoms with Gasteiger partial charge in [-0.15, -0.1) is 0 Å². The molecule has 4 heteroatoms. The Bertz CT molecular complexity index is 558. The minimum Gasteiger partial charge on any atom is -0.493 e. The van der Waals surface area contributed by atoms with Gasteiger partial charge in [0.2, 0.25) is 0 Å². The summed E-state index contributed by atoms with van der Waals surface area (Å²) in [6.45, 7) is 2.76. The molecule has 19 heavy (non-hydrogen) atoms. The molecular weight excluding hydrogens is 245 g/mol. The van der Waals surface area contributed by atoms with Crippen LogP contribution >= 0.6 is 0 Å². The van der Waals surface area contributed by atoms with Gasteiger partial charge in [0.15, 0.2) is 0 Å². The van der Waals surface area contributed by atoms with Crippen molar-refractivity contribution in [3.05, 3.63) is 53.8 Å². The fourth-order valence-corrected chi connectivity index (χ4v) is 1.73. The monoisotopic (exact) mass is 261 g/mol. The van der Waals surface area contributed by atoms with Crippen LogP contribution in [0.25, 0.3) is 0 Å². The lowest BCUT2D eigenvalue weighted by atomic mass is 10.2. The third-order valence-corrected chi connectivity index (χ3v) is 2.57. The molecule has 0 aliphatic carbocycles. The summed E-state index contributed by atoms with van der Waals surface area (Å²) in [6, 6.07) is 11.4. The zero-order valence-corrected chi connectivity index (χ0v) is 10.7. The van der Waals surface area contributed by atoms with Crippen LogP contribution in [0.15, 0.2) is 42.5 Å². The second-order valence-corrected chi connectivity index (χ2v) is 4.05. The van der Waals surface area contributed by atoms with Crippen molar-refractivity contribution >= 4 is 5.69 Å². The summed E-state index contributed by atoms with van der Waals surface area (Å²) in [5.74, 6) is 0.882. The van der Waals surface area contributed by atoms with Crippen LogP contribution in [0.1, 0.15) is 12.5 Å². The minimum atomic E-state index is -0.324. The van der Waals surface area contributed by atoms with E-state index in [4.69, 9.17) is 15.2 Å². The number of anilines is 1. The van der Waals surface area contributed by atoms with E-state index in [-0.39, 0.29) is 12.4 Å². The summed E-state index contributed by atoms with van der Waals surface area (Å²) in [4.78, 5) is 0. The van der Waals surface area contributed by atoms with Gasteiger partial charge in [-0.3, -0.25) is 0 Å². The van der Waals surface area contributed by atoms with Crippen LogP contribution in [0.2, 0.25) is 0 Å². The van der Waals surface area contributed by atoms with E-state index in [2.05, 4.69) is 0 Å². The third-order valence-electron chi connectivity index (χ3n) is 2.57. The molecule has 100 valence electrons. The van der Waals surface area contributed by atoms with Gasteiger partial charge < -0.3 is 15.2 Å². The number of hydrogen-bond donors (Lipinski definition) is 1. The Morgan fingerprint density at radius 2 is 1.95 bits per heavy atom. The summed E-state index contributed by atoms with van der Waals surface area (Å²) >= 11 is 0. The highest BCUT2D eigenvalue weighted by Crippen LogP contribution is 2.23. The molecule has 3 nitrogen and oxygen atoms in total. The Morgan fingerprint density at radius 3 is 2.68 bits per heavy atom. The van der Waals surface area contributed by atoms with Crippen molar-refractivity contribution in [1.29, 1.82) is 0 Å². The molecule has 0 fully saturated rings. The highest BCUT2D eigenvalue weighted by Gasteiger charge is 2.05. The summed E-state index contributed by atoms with van der Waals surface area (Å²) in [5, 5.41) is 0. The van der Waals surface area contributed by atoms with Crippen LogP contribution in [-0.4, -0.2) is 6.61 Å². The highest BCUT2D eigenvalue weighted by molar-refractivity contribution is 5.47. The van der Waals surface area contributed by atoms with E-state index in [0.717, 1.165) is 11.3 Å². The van der Waals surface area contributed by atoms with Crippen LogP contribution in [0, 0.1) is 5.82 Å². The maximum atomic E-state index is 13.0. The lowest BCUT2D eigenvalue weighted by Gasteiger charge is -2.12. The van der Waals surface area contributed by atoms with E-state index in [0.29, 0.717) is 18.0 Å². The first kappa shape index (κ1) is 13.2. The van der Waals surface area contributed by atoms with E-state index >= 15 is 0 Å². The number of hydrogen-bond acceptors (Lipinski definition) is 3. The lowest BCUT2D eigenvalue weighted by Crippen LogP contribution is -2.02. The Morgan fingerprint density at radius 1 is 1.11 bits per heavy atom. The van der Waals surface area contributed by atoms with Gasteiger partial charge in [0.05, 0.1) is 6.61 Å². The molecule has 0 heterocycles. The molecular formula is C15H16FNO2. The van der Waals surface area contributed by atoms with Gasteiger partial charge in [-0.2, -0.15) is 0 Å². The van der Waals surface area contributed by atoms with Gasteiger partial charge in [0, 0.05) is 17.3 Å². The first-order valence-electron chi connectivity index (χ1n) is 6.08. The summed E-state index contributed by atoms with van der Waals surface area (Å²) < 4.78 is 24.1. The van der Waals surface area contributed by atoms with E-state index < -0.39 is 0 Å². The molecule has 0 unspecified atom stereocenters. The smallest absolute Gasteiger partial charge is 0.126 e. The van der Waals surface area contributed by atoms with Crippen molar-refractivity contribution in [2.24, 2.45) is 0 Å². The molecule has 2 N–H and O–H groups in total. The van der Waals surface area contributed by atoms with Crippen LogP contribution in [-0.2, 0) is 6.61 Å². The Hall–Kier alpha value is -2.23. The van der Waals surface area contributed by atoms with E-state index in [1.165, 1.54) is 12.1 Å². The molecule has 0 aliphatic heterocycles. The second kappa shape index (κ2) is 6.09. The van der Waals surface area contributed by atoms with Crippen LogP contribution in [0.3, 0.4) is 0 Å². The van der Waals surface area contributed by atoms with Gasteiger partial charge in [-0.25, -0.2) is 4.39 Å². The molecule has 0 bridgehead atoms. The molecule has 0 saturated carbocycles. The Labute approximate surface area is 111 Å². The molecule has 0 aromatic heterocycles. The molecule has 2 rings (SSSR count). The van der Waals surface area contributed by atoms with Crippen LogP contribution < -0.4 is 15.2 Å². The largest absolute Gasteiger partial charge is 0.493 e. The number of benzene rings is 2. The maximum absolute atomic E-state index is 13.0. The van der Waals surface area contributed by atoms with Crippen LogP contribution in [0.5, 0.6) is 11.5 Å². The van der Waals surface area contributed by atoms with Crippen molar-refractivity contribution in [3.8, 4) is 11.5 Å². The van der Waals surface area contributed by atoms with Crippen molar-refractivity contribution < 1.29 is 13.9 Å². The predicted octanol–water partition coefficient (Wildman–Crippen LogP) is 3.39. The summed E-state index contributed by atoms with van der Waals surface area (Å²) in [6.07, 6.45) is 0. The number of rotatable bonds is 5. The fraction of sp³-hybridized carbons (Fsp3) is 0.200. The summed E-state index contributed by atoms with van der Waals surface area (Å²) in [7, 11) is 0. The van der Waals surface area contributed by atoms with Gasteiger partial charge in [-0.05, 0) is 37.3 Å². The standard InChI is InChI=1S/C15H16FNO2/c1-2-18-15-7-6-13(17)8-11(15)10-19-14-5-3-4-12(16)9-14/h3-9H,2,10,17H2,1H3. The van der Waals surface area contributed by atoms with Crippen molar-refractivity contribution in [1.82, 2.24) is 0 Å². The van der Waals surface area contributed by atoms with Crippen molar-refractivity contribution in [3.63, 3.8) is 0 Å². The number of halogens is 1. The lowest BCUT2D eigenvalue weighted by molar-refractivity contribution is 0.285. The maximum Gasteiger partial charge on any atom is 0.126 e. The second-order valence-electron chi connectivity index (χ2n) is 4.05. The van der Waals surface area contributed by atoms with Gasteiger partial charge in [0.1, 0.15) is 23.9 Å². The number of nitrogen functional groups attached to an aromatic ring is 1. The van der Waals surface area contributed by atoms with Crippen molar-refractivity contribution in [2.75, 3.05) is 12.3 Å². The van der Waals surface area contributed by atoms with E-state index in [1.807, 2.05) is 13.0 Å². The molecule has 2 aromatic carbocycles. The topological polar surface area (TPSA) is 44.5 Å². The number of ether oxygens (including phenoxy) is 2. The Balaban J connectivity index is 2.12. The quantitative estimate of drug-likeness (QED) is 0.839. The molecule has 0 aliphatic rings. The van der Waals surface area contributed by atoms with Crippen molar-refractivity contribution in [2.45, 2.75) is 13.5 Å². The average Bonchev–Trinajstić information content (AvgIpc) is 2.39. The molecule has 0 radical (unpaired) electrons. The normalized spacial score (nSPS) is 10.2. The minimum absolute atomic E-state index is 0.282. The fourth-order valence-electron chi connectivity index (χ4n) is 1.73. The summed E-state index contributed by atoms with van der Waals surface area (Å²) in [5.41, 5.74) is 7.22. The molecule has 0 amide bonds. The number of nitrogens with two attached hydrogens (primary N) is 1. The molecule has 0 spiro atoms. The SMILES string of the molecule is CCOc1ccc(N)cc1COc1cccc(F)c1. The van der Waals surface area contributed by atoms with Gasteiger partial charge in [-0.1, -0.05) is 6.07 Å².